The summed E-state index contributed by atoms with van der Waals surface area (Å²) in [6.45, 7) is 8.26. The van der Waals surface area contributed by atoms with E-state index < -0.39 is 0 Å². The Morgan fingerprint density at radius 2 is 2.32 bits per heavy atom. The number of hydrogen-bond donors (Lipinski definition) is 2. The van der Waals surface area contributed by atoms with Gasteiger partial charge in [0.15, 0.2) is 0 Å². The van der Waals surface area contributed by atoms with Crippen LogP contribution in [-0.4, -0.2) is 48.0 Å². The van der Waals surface area contributed by atoms with Gasteiger partial charge in [-0.05, 0) is 61.0 Å². The third-order valence-electron chi connectivity index (χ3n) is 5.10. The maximum absolute atomic E-state index is 12.4. The molecule has 0 saturated carbocycles. The lowest BCUT2D eigenvalue weighted by molar-refractivity contribution is -0.116. The number of nitrogens with one attached hydrogen (secondary N) is 2. The highest BCUT2D eigenvalue weighted by atomic mass is 35.5. The molecule has 2 N–H and O–H groups in total. The minimum Gasteiger partial charge on any atom is -0.326 e. The van der Waals surface area contributed by atoms with Crippen LogP contribution in [0.3, 0.4) is 0 Å². The van der Waals surface area contributed by atoms with Gasteiger partial charge in [-0.15, -0.1) is 0 Å². The van der Waals surface area contributed by atoms with Crippen LogP contribution in [0.2, 0.25) is 5.02 Å². The molecule has 2 fully saturated rings. The van der Waals surface area contributed by atoms with Gasteiger partial charge in [0.25, 0.3) is 0 Å². The van der Waals surface area contributed by atoms with Crippen molar-refractivity contribution in [2.75, 3.05) is 36.5 Å². The Balaban J connectivity index is 1.67. The third-order valence-corrected chi connectivity index (χ3v) is 6.55. The Bertz CT molecular complexity index is 619. The largest absolute Gasteiger partial charge is 0.326 e. The molecule has 25 heavy (non-hydrogen) atoms. The Morgan fingerprint density at radius 1 is 1.48 bits per heavy atom. The van der Waals surface area contributed by atoms with E-state index in [1.54, 1.807) is 0 Å². The van der Waals surface area contributed by atoms with Gasteiger partial charge >= 0.3 is 0 Å². The SMILES string of the molecule is Cc1c(CN2CCN[C@@H](C)C2)cc(Cl)cc1NC(=O)CC1CCSC1. The summed E-state index contributed by atoms with van der Waals surface area (Å²) < 4.78 is 0. The van der Waals surface area contributed by atoms with Crippen molar-refractivity contribution in [2.24, 2.45) is 5.92 Å². The van der Waals surface area contributed by atoms with E-state index in [1.165, 1.54) is 11.3 Å². The number of carbonyl (C=O) groups excluding carboxylic acids is 1. The minimum absolute atomic E-state index is 0.111. The molecule has 0 aromatic heterocycles. The molecule has 0 radical (unpaired) electrons. The van der Waals surface area contributed by atoms with Crippen LogP contribution in [0.15, 0.2) is 12.1 Å². The molecule has 2 saturated heterocycles. The predicted molar refractivity (Wildman–Crippen MR) is 108 cm³/mol. The van der Waals surface area contributed by atoms with E-state index in [0.717, 1.165) is 49.6 Å². The molecule has 1 unspecified atom stereocenters. The summed E-state index contributed by atoms with van der Waals surface area (Å²) in [5.41, 5.74) is 3.19. The van der Waals surface area contributed by atoms with Crippen molar-refractivity contribution >= 4 is 35.0 Å². The Labute approximate surface area is 160 Å². The summed E-state index contributed by atoms with van der Waals surface area (Å²) in [5.74, 6) is 2.92. The van der Waals surface area contributed by atoms with Crippen LogP contribution in [0.25, 0.3) is 0 Å². The summed E-state index contributed by atoms with van der Waals surface area (Å²) >= 11 is 8.28. The number of rotatable bonds is 5. The van der Waals surface area contributed by atoms with Crippen molar-refractivity contribution < 1.29 is 4.79 Å². The second-order valence-corrected chi connectivity index (χ2v) is 8.90. The number of anilines is 1. The number of hydrogen-bond acceptors (Lipinski definition) is 4. The van der Waals surface area contributed by atoms with Crippen LogP contribution in [0.5, 0.6) is 0 Å². The first kappa shape index (κ1) is 19.0. The van der Waals surface area contributed by atoms with Crippen LogP contribution in [-0.2, 0) is 11.3 Å². The number of nitrogens with zero attached hydrogens (tertiary/aromatic N) is 1. The quantitative estimate of drug-likeness (QED) is 0.819. The highest BCUT2D eigenvalue weighted by Gasteiger charge is 2.21. The molecule has 1 amide bonds. The summed E-state index contributed by atoms with van der Waals surface area (Å²) in [5, 5.41) is 7.26. The monoisotopic (exact) mass is 381 g/mol. The maximum atomic E-state index is 12.4. The van der Waals surface area contributed by atoms with Gasteiger partial charge in [0, 0.05) is 49.4 Å². The van der Waals surface area contributed by atoms with Crippen LogP contribution in [0.4, 0.5) is 5.69 Å². The molecule has 6 heteroatoms. The van der Waals surface area contributed by atoms with Crippen molar-refractivity contribution in [3.63, 3.8) is 0 Å². The highest BCUT2D eigenvalue weighted by Crippen LogP contribution is 2.29. The minimum atomic E-state index is 0.111. The van der Waals surface area contributed by atoms with E-state index in [-0.39, 0.29) is 5.91 Å². The first-order valence-corrected chi connectivity index (χ1v) is 10.7. The molecule has 1 aromatic carbocycles. The standard InChI is InChI=1S/C19H28ClN3OS/c1-13-10-23(5-4-21-13)11-16-8-17(20)9-18(14(16)2)22-19(24)7-15-3-6-25-12-15/h8-9,13,15,21H,3-7,10-12H2,1-2H3,(H,22,24)/t13-,15?/m0/s1. The average Bonchev–Trinajstić information content (AvgIpc) is 3.04. The van der Waals surface area contributed by atoms with Gasteiger partial charge in [-0.1, -0.05) is 11.6 Å². The summed E-state index contributed by atoms with van der Waals surface area (Å²) in [6, 6.07) is 4.42. The van der Waals surface area contributed by atoms with Gasteiger partial charge in [-0.25, -0.2) is 0 Å². The van der Waals surface area contributed by atoms with Crippen LogP contribution in [0, 0.1) is 12.8 Å². The Morgan fingerprint density at radius 3 is 3.04 bits per heavy atom. The second-order valence-electron chi connectivity index (χ2n) is 7.31. The molecule has 2 aliphatic heterocycles. The Kier molecular flexibility index (Phi) is 6.67. The molecule has 0 bridgehead atoms. The van der Waals surface area contributed by atoms with E-state index in [4.69, 9.17) is 11.6 Å². The molecule has 3 rings (SSSR count). The van der Waals surface area contributed by atoms with Crippen LogP contribution in [0.1, 0.15) is 30.9 Å². The maximum Gasteiger partial charge on any atom is 0.224 e. The number of benzene rings is 1. The topological polar surface area (TPSA) is 44.4 Å². The third kappa shape index (κ3) is 5.36. The zero-order valence-corrected chi connectivity index (χ0v) is 16.7. The summed E-state index contributed by atoms with van der Waals surface area (Å²) in [4.78, 5) is 14.8. The molecule has 1 aromatic rings. The average molecular weight is 382 g/mol. The first-order valence-electron chi connectivity index (χ1n) is 9.13. The smallest absolute Gasteiger partial charge is 0.224 e. The number of amides is 1. The van der Waals surface area contributed by atoms with Gasteiger partial charge in [-0.3, -0.25) is 9.69 Å². The van der Waals surface area contributed by atoms with Crippen molar-refractivity contribution in [3.05, 3.63) is 28.3 Å². The zero-order chi connectivity index (χ0) is 17.8. The van der Waals surface area contributed by atoms with E-state index >= 15 is 0 Å². The fourth-order valence-electron chi connectivity index (χ4n) is 3.63. The molecule has 0 aliphatic carbocycles. The molecule has 4 nitrogen and oxygen atoms in total. The fourth-order valence-corrected chi connectivity index (χ4v) is 5.16. The van der Waals surface area contributed by atoms with Crippen molar-refractivity contribution in [2.45, 2.75) is 39.3 Å². The van der Waals surface area contributed by atoms with Crippen molar-refractivity contribution in [3.8, 4) is 0 Å². The molecule has 0 spiro atoms. The predicted octanol–water partition coefficient (Wildman–Crippen LogP) is 3.52. The molecule has 2 atom stereocenters. The summed E-state index contributed by atoms with van der Waals surface area (Å²) in [6.07, 6.45) is 1.77. The molecule has 2 heterocycles. The van der Waals surface area contributed by atoms with Gasteiger partial charge in [0.2, 0.25) is 5.91 Å². The number of halogens is 1. The first-order chi connectivity index (χ1) is 12.0. The Hall–Kier alpha value is -0.750. The van der Waals surface area contributed by atoms with Gasteiger partial charge in [0.05, 0.1) is 0 Å². The fraction of sp³-hybridized carbons (Fsp3) is 0.632. The van der Waals surface area contributed by atoms with Crippen molar-refractivity contribution in [1.82, 2.24) is 10.2 Å². The lowest BCUT2D eigenvalue weighted by Crippen LogP contribution is -2.48. The molecule has 138 valence electrons. The zero-order valence-electron chi connectivity index (χ0n) is 15.1. The van der Waals surface area contributed by atoms with Gasteiger partial charge in [-0.2, -0.15) is 11.8 Å². The molecule has 2 aliphatic rings. The van der Waals surface area contributed by atoms with Gasteiger partial charge in [0.1, 0.15) is 0 Å². The van der Waals surface area contributed by atoms with E-state index in [2.05, 4.69) is 29.4 Å². The lowest BCUT2D eigenvalue weighted by Gasteiger charge is -2.32. The number of thioether (sulfide) groups is 1. The van der Waals surface area contributed by atoms with E-state index in [9.17, 15) is 4.79 Å². The van der Waals surface area contributed by atoms with E-state index in [0.29, 0.717) is 23.4 Å². The molecular weight excluding hydrogens is 354 g/mol. The van der Waals surface area contributed by atoms with E-state index in [1.807, 2.05) is 23.9 Å². The number of carbonyl (C=O) groups is 1. The molecular formula is C19H28ClN3OS. The van der Waals surface area contributed by atoms with Crippen molar-refractivity contribution in [1.29, 1.82) is 0 Å². The van der Waals surface area contributed by atoms with Crippen LogP contribution >= 0.6 is 23.4 Å². The summed E-state index contributed by atoms with van der Waals surface area (Å²) in [7, 11) is 0. The number of piperazine rings is 1. The van der Waals surface area contributed by atoms with Gasteiger partial charge < -0.3 is 10.6 Å². The van der Waals surface area contributed by atoms with Crippen LogP contribution < -0.4 is 10.6 Å². The normalized spacial score (nSPS) is 24.4. The lowest BCUT2D eigenvalue weighted by atomic mass is 10.0. The second kappa shape index (κ2) is 8.76. The highest BCUT2D eigenvalue weighted by molar-refractivity contribution is 7.99.